The lowest BCUT2D eigenvalue weighted by molar-refractivity contribution is 0.101. The third-order valence-electron chi connectivity index (χ3n) is 2.84. The molecule has 1 amide bonds. The Kier molecular flexibility index (Phi) is 3.50. The molecule has 0 unspecified atom stereocenters. The van der Waals surface area contributed by atoms with Crippen molar-refractivity contribution in [2.75, 3.05) is 11.1 Å². The summed E-state index contributed by atoms with van der Waals surface area (Å²) in [6.07, 6.45) is 1.70. The van der Waals surface area contributed by atoms with Gasteiger partial charge in [0.15, 0.2) is 0 Å². The Bertz CT molecular complexity index is 600. The first-order valence-electron chi connectivity index (χ1n) is 6.09. The van der Waals surface area contributed by atoms with E-state index in [0.29, 0.717) is 29.4 Å². The van der Waals surface area contributed by atoms with Crippen molar-refractivity contribution in [2.45, 2.75) is 27.3 Å². The number of nitrogens with one attached hydrogen (secondary N) is 1. The quantitative estimate of drug-likeness (QED) is 0.879. The van der Waals surface area contributed by atoms with Gasteiger partial charge < -0.3 is 11.1 Å². The van der Waals surface area contributed by atoms with Crippen LogP contribution in [0.3, 0.4) is 0 Å². The summed E-state index contributed by atoms with van der Waals surface area (Å²) in [5, 5.41) is 6.94. The Labute approximate surface area is 111 Å². The highest BCUT2D eigenvalue weighted by Crippen LogP contribution is 2.17. The van der Waals surface area contributed by atoms with Crippen LogP contribution in [0.25, 0.3) is 0 Å². The lowest BCUT2D eigenvalue weighted by Gasteiger charge is -2.07. The summed E-state index contributed by atoms with van der Waals surface area (Å²) in [7, 11) is 0. The van der Waals surface area contributed by atoms with E-state index in [1.807, 2.05) is 19.9 Å². The van der Waals surface area contributed by atoms with Crippen LogP contribution in [0.15, 0.2) is 18.3 Å². The number of carbonyl (C=O) groups is 1. The topological polar surface area (TPSA) is 85.8 Å². The normalized spacial score (nSPS) is 10.5. The molecule has 3 N–H and O–H groups in total. The first-order valence-corrected chi connectivity index (χ1v) is 6.09. The van der Waals surface area contributed by atoms with Crippen molar-refractivity contribution in [3.63, 3.8) is 0 Å². The van der Waals surface area contributed by atoms with Gasteiger partial charge >= 0.3 is 0 Å². The third kappa shape index (κ3) is 2.57. The highest BCUT2D eigenvalue weighted by Gasteiger charge is 2.19. The van der Waals surface area contributed by atoms with E-state index in [-0.39, 0.29) is 5.91 Å². The fourth-order valence-corrected chi connectivity index (χ4v) is 1.78. The Morgan fingerprint density at radius 3 is 2.74 bits per heavy atom. The molecule has 2 heterocycles. The van der Waals surface area contributed by atoms with Crippen molar-refractivity contribution in [1.82, 2.24) is 14.8 Å². The molecule has 0 aliphatic carbocycles. The summed E-state index contributed by atoms with van der Waals surface area (Å²) < 4.78 is 1.59. The molecule has 0 aliphatic rings. The largest absolute Gasteiger partial charge is 0.395 e. The van der Waals surface area contributed by atoms with Crippen LogP contribution in [0, 0.1) is 13.8 Å². The molecule has 0 atom stereocenters. The van der Waals surface area contributed by atoms with Crippen LogP contribution in [0.4, 0.5) is 11.5 Å². The molecular formula is C13H17N5O. The highest BCUT2D eigenvalue weighted by atomic mass is 16.2. The lowest BCUT2D eigenvalue weighted by Crippen LogP contribution is -2.19. The number of nitrogens with zero attached hydrogens (tertiary/aromatic N) is 3. The number of amides is 1. The molecular weight excluding hydrogens is 242 g/mol. The Balaban J connectivity index is 2.27. The first-order chi connectivity index (χ1) is 9.02. The van der Waals surface area contributed by atoms with E-state index in [9.17, 15) is 4.79 Å². The maximum absolute atomic E-state index is 12.2. The molecule has 0 bridgehead atoms. The van der Waals surface area contributed by atoms with Crippen LogP contribution < -0.4 is 11.1 Å². The van der Waals surface area contributed by atoms with E-state index in [0.717, 1.165) is 5.56 Å². The summed E-state index contributed by atoms with van der Waals surface area (Å²) in [4.78, 5) is 16.4. The molecule has 0 aromatic carbocycles. The summed E-state index contributed by atoms with van der Waals surface area (Å²) in [5.74, 6) is 0.202. The van der Waals surface area contributed by atoms with E-state index >= 15 is 0 Å². The van der Waals surface area contributed by atoms with Crippen LogP contribution in [0.1, 0.15) is 28.7 Å². The number of carbonyl (C=O) groups excluding carboxylic acids is 1. The maximum atomic E-state index is 12.2. The molecule has 0 spiro atoms. The molecule has 0 radical (unpaired) electrons. The van der Waals surface area contributed by atoms with Crippen molar-refractivity contribution in [3.05, 3.63) is 35.3 Å². The number of pyridine rings is 1. The van der Waals surface area contributed by atoms with Crippen molar-refractivity contribution in [1.29, 1.82) is 0 Å². The predicted molar refractivity (Wildman–Crippen MR) is 74.0 cm³/mol. The zero-order valence-electron chi connectivity index (χ0n) is 11.3. The Morgan fingerprint density at radius 1 is 1.42 bits per heavy atom. The van der Waals surface area contributed by atoms with E-state index in [1.54, 1.807) is 23.9 Å². The summed E-state index contributed by atoms with van der Waals surface area (Å²) >= 11 is 0. The highest BCUT2D eigenvalue weighted by molar-refractivity contribution is 6.06. The number of hydrogen-bond donors (Lipinski definition) is 2. The minimum atomic E-state index is -0.295. The second kappa shape index (κ2) is 5.09. The number of nitrogen functional groups attached to an aromatic ring is 1. The van der Waals surface area contributed by atoms with Gasteiger partial charge in [0.1, 0.15) is 11.5 Å². The van der Waals surface area contributed by atoms with Gasteiger partial charge in [-0.3, -0.25) is 9.48 Å². The number of rotatable bonds is 3. The molecule has 0 aliphatic heterocycles. The average molecular weight is 259 g/mol. The van der Waals surface area contributed by atoms with Crippen LogP contribution in [0.2, 0.25) is 0 Å². The van der Waals surface area contributed by atoms with Crippen LogP contribution >= 0.6 is 0 Å². The van der Waals surface area contributed by atoms with Gasteiger partial charge in [0, 0.05) is 12.7 Å². The van der Waals surface area contributed by atoms with Gasteiger partial charge in [-0.25, -0.2) is 4.98 Å². The van der Waals surface area contributed by atoms with Gasteiger partial charge in [0.05, 0.1) is 11.4 Å². The third-order valence-corrected chi connectivity index (χ3v) is 2.84. The molecule has 6 nitrogen and oxygen atoms in total. The van der Waals surface area contributed by atoms with Gasteiger partial charge in [0.25, 0.3) is 5.91 Å². The molecule has 0 saturated carbocycles. The number of aryl methyl sites for hydroxylation is 3. The SMILES string of the molecule is CCn1nc(C)c(N)c1C(=O)Nc1ccc(C)cn1. The molecule has 19 heavy (non-hydrogen) atoms. The van der Waals surface area contributed by atoms with Crippen LogP contribution in [-0.4, -0.2) is 20.7 Å². The zero-order chi connectivity index (χ0) is 14.0. The second-order valence-corrected chi connectivity index (χ2v) is 4.34. The van der Waals surface area contributed by atoms with Gasteiger partial charge in [-0.15, -0.1) is 0 Å². The van der Waals surface area contributed by atoms with Crippen molar-refractivity contribution >= 4 is 17.4 Å². The van der Waals surface area contributed by atoms with Gasteiger partial charge in [0.2, 0.25) is 0 Å². The first kappa shape index (κ1) is 13.1. The smallest absolute Gasteiger partial charge is 0.277 e. The summed E-state index contributed by atoms with van der Waals surface area (Å²) in [5.41, 5.74) is 8.37. The van der Waals surface area contributed by atoms with Crippen LogP contribution in [0.5, 0.6) is 0 Å². The van der Waals surface area contributed by atoms with E-state index in [2.05, 4.69) is 15.4 Å². The Morgan fingerprint density at radius 2 is 2.16 bits per heavy atom. The molecule has 2 aromatic heterocycles. The van der Waals surface area contributed by atoms with E-state index in [1.165, 1.54) is 0 Å². The summed E-state index contributed by atoms with van der Waals surface area (Å²) in [6, 6.07) is 3.64. The van der Waals surface area contributed by atoms with Crippen molar-refractivity contribution in [2.24, 2.45) is 0 Å². The Hall–Kier alpha value is -2.37. The maximum Gasteiger partial charge on any atom is 0.277 e. The number of hydrogen-bond acceptors (Lipinski definition) is 4. The second-order valence-electron chi connectivity index (χ2n) is 4.34. The molecule has 0 fully saturated rings. The van der Waals surface area contributed by atoms with Gasteiger partial charge in [-0.2, -0.15) is 5.10 Å². The predicted octanol–water partition coefficient (Wildman–Crippen LogP) is 1.75. The van der Waals surface area contributed by atoms with E-state index < -0.39 is 0 Å². The number of anilines is 2. The minimum absolute atomic E-state index is 0.295. The minimum Gasteiger partial charge on any atom is -0.395 e. The molecule has 2 rings (SSSR count). The molecule has 2 aromatic rings. The fourth-order valence-electron chi connectivity index (χ4n) is 1.78. The number of nitrogens with two attached hydrogens (primary N) is 1. The monoisotopic (exact) mass is 259 g/mol. The van der Waals surface area contributed by atoms with Gasteiger partial charge in [-0.05, 0) is 32.4 Å². The fraction of sp³-hybridized carbons (Fsp3) is 0.308. The van der Waals surface area contributed by atoms with Crippen molar-refractivity contribution < 1.29 is 4.79 Å². The van der Waals surface area contributed by atoms with Gasteiger partial charge in [-0.1, -0.05) is 6.07 Å². The number of aromatic nitrogens is 3. The zero-order valence-corrected chi connectivity index (χ0v) is 11.3. The van der Waals surface area contributed by atoms with E-state index in [4.69, 9.17) is 5.73 Å². The summed E-state index contributed by atoms with van der Waals surface area (Å²) in [6.45, 7) is 6.21. The molecule has 6 heteroatoms. The van der Waals surface area contributed by atoms with Crippen molar-refractivity contribution in [3.8, 4) is 0 Å². The molecule has 100 valence electrons. The lowest BCUT2D eigenvalue weighted by atomic mass is 10.3. The molecule has 0 saturated heterocycles. The average Bonchev–Trinajstić information content (AvgIpc) is 2.68. The standard InChI is InChI=1S/C13H17N5O/c1-4-18-12(11(14)9(3)17-18)13(19)16-10-6-5-8(2)7-15-10/h5-7H,4,14H2,1-3H3,(H,15,16,19). The van der Waals surface area contributed by atoms with Crippen LogP contribution in [-0.2, 0) is 6.54 Å².